The summed E-state index contributed by atoms with van der Waals surface area (Å²) in [5.74, 6) is 0. The fourth-order valence-electron chi connectivity index (χ4n) is 1.09. The molecule has 0 radical (unpaired) electrons. The SMILES string of the molecule is C.OC=CCN1CCNCC1. The van der Waals surface area contributed by atoms with Crippen LogP contribution in [0.15, 0.2) is 12.3 Å². The molecular formula is C8H18N2O. The average Bonchev–Trinajstić information content (AvgIpc) is 2.03. The van der Waals surface area contributed by atoms with E-state index < -0.39 is 0 Å². The molecule has 0 bridgehead atoms. The van der Waals surface area contributed by atoms with E-state index in [2.05, 4.69) is 10.2 Å². The minimum Gasteiger partial charge on any atom is -0.516 e. The van der Waals surface area contributed by atoms with Crippen molar-refractivity contribution >= 4 is 0 Å². The van der Waals surface area contributed by atoms with Crippen molar-refractivity contribution in [3.05, 3.63) is 12.3 Å². The summed E-state index contributed by atoms with van der Waals surface area (Å²) in [5, 5.41) is 11.6. The lowest BCUT2D eigenvalue weighted by atomic mass is 10.3. The minimum absolute atomic E-state index is 0. The molecule has 0 aliphatic carbocycles. The molecule has 1 aliphatic rings. The molecule has 1 saturated heterocycles. The summed E-state index contributed by atoms with van der Waals surface area (Å²) in [6, 6.07) is 0. The Hall–Kier alpha value is -0.540. The van der Waals surface area contributed by atoms with Gasteiger partial charge in [0.15, 0.2) is 0 Å². The van der Waals surface area contributed by atoms with E-state index in [9.17, 15) is 0 Å². The second-order valence-corrected chi connectivity index (χ2v) is 2.44. The third kappa shape index (κ3) is 4.01. The van der Waals surface area contributed by atoms with Crippen molar-refractivity contribution in [1.82, 2.24) is 10.2 Å². The van der Waals surface area contributed by atoms with Gasteiger partial charge in [-0.25, -0.2) is 0 Å². The highest BCUT2D eigenvalue weighted by Gasteiger charge is 2.05. The topological polar surface area (TPSA) is 35.5 Å². The van der Waals surface area contributed by atoms with E-state index in [1.54, 1.807) is 6.08 Å². The molecule has 1 heterocycles. The smallest absolute Gasteiger partial charge is 0.0764 e. The first kappa shape index (κ1) is 10.5. The summed E-state index contributed by atoms with van der Waals surface area (Å²) in [6.07, 6.45) is 2.88. The van der Waals surface area contributed by atoms with Crippen molar-refractivity contribution < 1.29 is 5.11 Å². The van der Waals surface area contributed by atoms with Crippen LogP contribution in [0, 0.1) is 0 Å². The lowest BCUT2D eigenvalue weighted by Crippen LogP contribution is -2.43. The minimum atomic E-state index is 0. The first-order chi connectivity index (χ1) is 4.93. The van der Waals surface area contributed by atoms with Crippen LogP contribution in [0.25, 0.3) is 0 Å². The molecule has 3 heteroatoms. The molecule has 0 atom stereocenters. The summed E-state index contributed by atoms with van der Waals surface area (Å²) < 4.78 is 0. The molecule has 1 aliphatic heterocycles. The number of nitrogens with zero attached hydrogens (tertiary/aromatic N) is 1. The molecule has 0 saturated carbocycles. The van der Waals surface area contributed by atoms with Crippen LogP contribution in [-0.4, -0.2) is 42.7 Å². The van der Waals surface area contributed by atoms with Gasteiger partial charge >= 0.3 is 0 Å². The van der Waals surface area contributed by atoms with Crippen molar-refractivity contribution in [3.63, 3.8) is 0 Å². The number of hydrogen-bond acceptors (Lipinski definition) is 3. The largest absolute Gasteiger partial charge is 0.516 e. The number of nitrogens with one attached hydrogen (secondary N) is 1. The quantitative estimate of drug-likeness (QED) is 0.578. The van der Waals surface area contributed by atoms with Crippen LogP contribution in [0.3, 0.4) is 0 Å². The molecule has 66 valence electrons. The van der Waals surface area contributed by atoms with E-state index in [4.69, 9.17) is 5.11 Å². The first-order valence-corrected chi connectivity index (χ1v) is 3.66. The number of piperazine rings is 1. The summed E-state index contributed by atoms with van der Waals surface area (Å²) in [7, 11) is 0. The van der Waals surface area contributed by atoms with E-state index in [1.165, 1.54) is 0 Å². The molecule has 0 amide bonds. The Kier molecular flexibility index (Phi) is 5.88. The van der Waals surface area contributed by atoms with Crippen LogP contribution >= 0.6 is 0 Å². The Labute approximate surface area is 68.7 Å². The normalized spacial score (nSPS) is 20.0. The van der Waals surface area contributed by atoms with E-state index in [-0.39, 0.29) is 7.43 Å². The third-order valence-corrected chi connectivity index (χ3v) is 1.68. The second-order valence-electron chi connectivity index (χ2n) is 2.44. The Balaban J connectivity index is 0.000001000. The van der Waals surface area contributed by atoms with Crippen LogP contribution in [0.1, 0.15) is 7.43 Å². The van der Waals surface area contributed by atoms with Crippen molar-refractivity contribution in [3.8, 4) is 0 Å². The number of aliphatic hydroxyl groups excluding tert-OH is 1. The zero-order chi connectivity index (χ0) is 7.23. The molecule has 3 nitrogen and oxygen atoms in total. The molecule has 0 unspecified atom stereocenters. The van der Waals surface area contributed by atoms with Gasteiger partial charge in [-0.1, -0.05) is 7.43 Å². The lowest BCUT2D eigenvalue weighted by Gasteiger charge is -2.25. The summed E-state index contributed by atoms with van der Waals surface area (Å²) in [6.45, 7) is 5.19. The zero-order valence-corrected chi connectivity index (χ0v) is 6.08. The van der Waals surface area contributed by atoms with E-state index in [0.717, 1.165) is 39.0 Å². The van der Waals surface area contributed by atoms with E-state index in [0.29, 0.717) is 0 Å². The van der Waals surface area contributed by atoms with Crippen LogP contribution in [0.2, 0.25) is 0 Å². The van der Waals surface area contributed by atoms with Gasteiger partial charge in [-0.2, -0.15) is 0 Å². The highest BCUT2D eigenvalue weighted by atomic mass is 16.2. The van der Waals surface area contributed by atoms with Gasteiger partial charge in [0.2, 0.25) is 0 Å². The molecular weight excluding hydrogens is 140 g/mol. The third-order valence-electron chi connectivity index (χ3n) is 1.68. The zero-order valence-electron chi connectivity index (χ0n) is 6.08. The molecule has 11 heavy (non-hydrogen) atoms. The van der Waals surface area contributed by atoms with Gasteiger partial charge in [0.1, 0.15) is 0 Å². The van der Waals surface area contributed by atoms with Crippen molar-refractivity contribution in [2.75, 3.05) is 32.7 Å². The van der Waals surface area contributed by atoms with Crippen LogP contribution in [0.4, 0.5) is 0 Å². The van der Waals surface area contributed by atoms with Crippen LogP contribution in [0.5, 0.6) is 0 Å². The van der Waals surface area contributed by atoms with Crippen molar-refractivity contribution in [1.29, 1.82) is 0 Å². The number of rotatable bonds is 2. The van der Waals surface area contributed by atoms with Gasteiger partial charge in [0.25, 0.3) is 0 Å². The van der Waals surface area contributed by atoms with Gasteiger partial charge in [0.05, 0.1) is 6.26 Å². The van der Waals surface area contributed by atoms with Gasteiger partial charge in [0, 0.05) is 32.7 Å². The van der Waals surface area contributed by atoms with Gasteiger partial charge in [-0.15, -0.1) is 0 Å². The molecule has 0 aromatic heterocycles. The highest BCUT2D eigenvalue weighted by molar-refractivity contribution is 4.79. The van der Waals surface area contributed by atoms with E-state index in [1.807, 2.05) is 0 Å². The first-order valence-electron chi connectivity index (χ1n) is 3.66. The molecule has 1 rings (SSSR count). The van der Waals surface area contributed by atoms with Crippen LogP contribution in [-0.2, 0) is 0 Å². The predicted octanol–water partition coefficient (Wildman–Crippen LogP) is 0.599. The maximum Gasteiger partial charge on any atom is 0.0764 e. The van der Waals surface area contributed by atoms with Crippen LogP contribution < -0.4 is 5.32 Å². The van der Waals surface area contributed by atoms with Gasteiger partial charge < -0.3 is 10.4 Å². The lowest BCUT2D eigenvalue weighted by molar-refractivity contribution is 0.263. The average molecular weight is 158 g/mol. The van der Waals surface area contributed by atoms with E-state index >= 15 is 0 Å². The second kappa shape index (κ2) is 6.19. The molecule has 2 N–H and O–H groups in total. The predicted molar refractivity (Wildman–Crippen MR) is 47.8 cm³/mol. The summed E-state index contributed by atoms with van der Waals surface area (Å²) in [5.41, 5.74) is 0. The highest BCUT2D eigenvalue weighted by Crippen LogP contribution is 1.90. The van der Waals surface area contributed by atoms with Gasteiger partial charge in [-0.3, -0.25) is 4.90 Å². The van der Waals surface area contributed by atoms with Crippen molar-refractivity contribution in [2.45, 2.75) is 7.43 Å². The summed E-state index contributed by atoms with van der Waals surface area (Å²) in [4.78, 5) is 2.29. The number of aliphatic hydroxyl groups is 1. The Morgan fingerprint density at radius 2 is 2.00 bits per heavy atom. The Bertz CT molecular complexity index is 109. The maximum atomic E-state index is 8.37. The molecule has 1 fully saturated rings. The standard InChI is InChI=1S/C7H14N2O.CH4/c10-7-1-4-9-5-2-8-3-6-9;/h1,7-8,10H,2-6H2;1H4. The molecule has 0 spiro atoms. The Morgan fingerprint density at radius 1 is 1.36 bits per heavy atom. The number of hydrogen-bond donors (Lipinski definition) is 2. The fourth-order valence-corrected chi connectivity index (χ4v) is 1.09. The maximum absolute atomic E-state index is 8.37. The fraction of sp³-hybridized carbons (Fsp3) is 0.750. The van der Waals surface area contributed by atoms with Crippen molar-refractivity contribution in [2.24, 2.45) is 0 Å². The van der Waals surface area contributed by atoms with Gasteiger partial charge in [-0.05, 0) is 6.08 Å². The summed E-state index contributed by atoms with van der Waals surface area (Å²) >= 11 is 0. The molecule has 0 aromatic rings. The molecule has 0 aromatic carbocycles. The monoisotopic (exact) mass is 158 g/mol. The Morgan fingerprint density at radius 3 is 2.55 bits per heavy atom.